The zero-order chi connectivity index (χ0) is 39.6. The quantitative estimate of drug-likeness (QED) is 0.162. The molecule has 12 rings (SSSR count). The number of aromatic nitrogens is 1. The van der Waals surface area contributed by atoms with E-state index in [0.717, 1.165) is 89.0 Å². The molecule has 3 heterocycles. The number of rotatable bonds is 7. The van der Waals surface area contributed by atoms with E-state index >= 15 is 0 Å². The zero-order valence-corrected chi connectivity index (χ0v) is 32.5. The first kappa shape index (κ1) is 34.0. The number of fused-ring (bicyclic) bond motifs is 8. The van der Waals surface area contributed by atoms with E-state index in [2.05, 4.69) is 210 Å². The Morgan fingerprint density at radius 1 is 0.350 bits per heavy atom. The van der Waals surface area contributed by atoms with Gasteiger partial charge in [-0.3, -0.25) is 4.57 Å². The normalized spacial score (nSPS) is 11.7. The van der Waals surface area contributed by atoms with Gasteiger partial charge in [0.05, 0.1) is 16.6 Å². The summed E-state index contributed by atoms with van der Waals surface area (Å²) >= 11 is 0. The Bertz CT molecular complexity index is 3500. The number of hydrogen-bond donors (Lipinski definition) is 0. The lowest BCUT2D eigenvalue weighted by molar-refractivity contribution is 0.645. The van der Waals surface area contributed by atoms with Gasteiger partial charge < -0.3 is 13.7 Å². The molecule has 0 aliphatic carbocycles. The third-order valence-electron chi connectivity index (χ3n) is 11.8. The molecule has 0 aliphatic rings. The molecule has 60 heavy (non-hydrogen) atoms. The van der Waals surface area contributed by atoms with Gasteiger partial charge in [-0.25, -0.2) is 0 Å². The highest BCUT2D eigenvalue weighted by atomic mass is 16.3. The van der Waals surface area contributed by atoms with E-state index in [0.29, 0.717) is 0 Å². The molecule has 0 saturated carbocycles. The van der Waals surface area contributed by atoms with Crippen molar-refractivity contribution in [3.05, 3.63) is 218 Å². The predicted molar refractivity (Wildman–Crippen MR) is 249 cm³/mol. The fourth-order valence-corrected chi connectivity index (χ4v) is 9.02. The summed E-state index contributed by atoms with van der Waals surface area (Å²) < 4.78 is 15.5. The van der Waals surface area contributed by atoms with Crippen molar-refractivity contribution < 1.29 is 8.83 Å². The molecule has 0 radical (unpaired) electrons. The fourth-order valence-electron chi connectivity index (χ4n) is 9.02. The lowest BCUT2D eigenvalue weighted by atomic mass is 9.98. The van der Waals surface area contributed by atoms with E-state index in [4.69, 9.17) is 8.83 Å². The Morgan fingerprint density at radius 2 is 0.867 bits per heavy atom. The number of furan rings is 2. The lowest BCUT2D eigenvalue weighted by Gasteiger charge is -2.26. The zero-order valence-electron chi connectivity index (χ0n) is 32.5. The van der Waals surface area contributed by atoms with Crippen LogP contribution in [0.5, 0.6) is 0 Å². The van der Waals surface area contributed by atoms with Crippen LogP contribution in [0.1, 0.15) is 0 Å². The van der Waals surface area contributed by atoms with Crippen molar-refractivity contribution in [2.24, 2.45) is 0 Å². The van der Waals surface area contributed by atoms with Crippen LogP contribution in [0.25, 0.3) is 94.0 Å². The summed E-state index contributed by atoms with van der Waals surface area (Å²) in [4.78, 5) is 2.31. The van der Waals surface area contributed by atoms with Crippen LogP contribution in [-0.4, -0.2) is 4.57 Å². The monoisotopic (exact) mass is 768 g/mol. The Morgan fingerprint density at radius 3 is 1.55 bits per heavy atom. The molecule has 12 aromatic rings. The van der Waals surface area contributed by atoms with E-state index in [1.54, 1.807) is 0 Å². The number of para-hydroxylation sites is 4. The Kier molecular flexibility index (Phi) is 7.82. The maximum absolute atomic E-state index is 6.64. The Hall–Kier alpha value is -8.08. The van der Waals surface area contributed by atoms with Gasteiger partial charge in [0.25, 0.3) is 0 Å². The molecule has 0 unspecified atom stereocenters. The van der Waals surface area contributed by atoms with Crippen molar-refractivity contribution in [1.82, 2.24) is 4.57 Å². The number of benzene rings is 9. The molecule has 0 fully saturated rings. The van der Waals surface area contributed by atoms with E-state index in [1.807, 2.05) is 18.2 Å². The van der Waals surface area contributed by atoms with Crippen LogP contribution in [-0.2, 0) is 0 Å². The first-order valence-electron chi connectivity index (χ1n) is 20.3. The van der Waals surface area contributed by atoms with Crippen LogP contribution in [0, 0.1) is 0 Å². The minimum atomic E-state index is 0.849. The molecule has 0 bridgehead atoms. The van der Waals surface area contributed by atoms with Gasteiger partial charge in [0.2, 0.25) is 5.71 Å². The summed E-state index contributed by atoms with van der Waals surface area (Å²) in [6.45, 7) is 0. The second-order valence-corrected chi connectivity index (χ2v) is 15.3. The standard InChI is InChI=1S/C56H36N2O2/c1-3-13-37(14-4-1)38-25-27-39(28-26-38)40-29-33-43(34-30-40)57(50-22-12-20-47-46-17-7-9-23-51(46)59-55(47)50)44-35-31-41(32-36-44)45-19-11-21-49-53(45)54-48-18-8-10-24-52(48)60-56(54)58(49)42-15-5-2-6-16-42/h1-36H. The molecule has 0 atom stereocenters. The van der Waals surface area contributed by atoms with Crippen molar-refractivity contribution in [1.29, 1.82) is 0 Å². The first-order chi connectivity index (χ1) is 29.8. The molecule has 282 valence electrons. The van der Waals surface area contributed by atoms with Crippen molar-refractivity contribution in [2.75, 3.05) is 4.90 Å². The van der Waals surface area contributed by atoms with Crippen molar-refractivity contribution >= 4 is 72.0 Å². The molecule has 0 amide bonds. The second kappa shape index (κ2) is 13.8. The molecule has 0 saturated heterocycles. The van der Waals surface area contributed by atoms with Crippen LogP contribution < -0.4 is 4.90 Å². The summed E-state index contributed by atoms with van der Waals surface area (Å²) in [6, 6.07) is 77.2. The third kappa shape index (κ3) is 5.46. The van der Waals surface area contributed by atoms with E-state index in [-0.39, 0.29) is 0 Å². The topological polar surface area (TPSA) is 34.5 Å². The molecule has 3 aromatic heterocycles. The van der Waals surface area contributed by atoms with Gasteiger partial charge in [0, 0.05) is 38.6 Å². The average Bonchev–Trinajstić information content (AvgIpc) is 3.99. The predicted octanol–water partition coefficient (Wildman–Crippen LogP) is 15.9. The molecular formula is C56H36N2O2. The number of anilines is 3. The summed E-state index contributed by atoms with van der Waals surface area (Å²) in [6.07, 6.45) is 0. The summed E-state index contributed by atoms with van der Waals surface area (Å²) in [7, 11) is 0. The maximum Gasteiger partial charge on any atom is 0.213 e. The molecule has 4 heteroatoms. The number of hydrogen-bond acceptors (Lipinski definition) is 3. The van der Waals surface area contributed by atoms with Gasteiger partial charge in [-0.1, -0.05) is 158 Å². The van der Waals surface area contributed by atoms with Gasteiger partial charge in [0.1, 0.15) is 11.2 Å². The second-order valence-electron chi connectivity index (χ2n) is 15.3. The summed E-state index contributed by atoms with van der Waals surface area (Å²) in [5.41, 5.74) is 15.7. The third-order valence-corrected chi connectivity index (χ3v) is 11.8. The highest BCUT2D eigenvalue weighted by molar-refractivity contribution is 6.24. The molecule has 9 aromatic carbocycles. The largest absolute Gasteiger partial charge is 0.454 e. The molecule has 4 nitrogen and oxygen atoms in total. The minimum absolute atomic E-state index is 0.849. The van der Waals surface area contributed by atoms with Crippen LogP contribution in [0.3, 0.4) is 0 Å². The molecule has 0 aliphatic heterocycles. The highest BCUT2D eigenvalue weighted by Crippen LogP contribution is 2.46. The van der Waals surface area contributed by atoms with Crippen LogP contribution in [0.2, 0.25) is 0 Å². The van der Waals surface area contributed by atoms with Crippen molar-refractivity contribution in [3.8, 4) is 39.1 Å². The van der Waals surface area contributed by atoms with Gasteiger partial charge in [-0.2, -0.15) is 0 Å². The van der Waals surface area contributed by atoms with E-state index in [1.165, 1.54) is 22.1 Å². The van der Waals surface area contributed by atoms with Gasteiger partial charge >= 0.3 is 0 Å². The smallest absolute Gasteiger partial charge is 0.213 e. The molecular weight excluding hydrogens is 733 g/mol. The number of nitrogens with zero attached hydrogens (tertiary/aromatic N) is 2. The fraction of sp³-hybridized carbons (Fsp3) is 0. The van der Waals surface area contributed by atoms with Crippen LogP contribution >= 0.6 is 0 Å². The van der Waals surface area contributed by atoms with Gasteiger partial charge in [-0.05, 0) is 94.0 Å². The maximum atomic E-state index is 6.64. The first-order valence-corrected chi connectivity index (χ1v) is 20.3. The molecule has 0 N–H and O–H groups in total. The van der Waals surface area contributed by atoms with Crippen molar-refractivity contribution in [2.45, 2.75) is 0 Å². The Balaban J connectivity index is 0.993. The van der Waals surface area contributed by atoms with E-state index in [9.17, 15) is 0 Å². The average molecular weight is 769 g/mol. The molecule has 0 spiro atoms. The highest BCUT2D eigenvalue weighted by Gasteiger charge is 2.23. The SMILES string of the molecule is c1ccc(-c2ccc(-c3ccc(N(c4ccc(-c5cccc6c5c5c7ccccc7oc5n6-c5ccccc5)cc4)c4cccc5c4oc4ccccc45)cc3)cc2)cc1. The lowest BCUT2D eigenvalue weighted by Crippen LogP contribution is -2.10. The Labute approximate surface area is 346 Å². The van der Waals surface area contributed by atoms with Crippen molar-refractivity contribution in [3.63, 3.8) is 0 Å². The minimum Gasteiger partial charge on any atom is -0.454 e. The van der Waals surface area contributed by atoms with Gasteiger partial charge in [0.15, 0.2) is 5.58 Å². The van der Waals surface area contributed by atoms with Crippen LogP contribution in [0.15, 0.2) is 227 Å². The van der Waals surface area contributed by atoms with Crippen LogP contribution in [0.4, 0.5) is 17.1 Å². The summed E-state index contributed by atoms with van der Waals surface area (Å²) in [5.74, 6) is 0. The van der Waals surface area contributed by atoms with Gasteiger partial charge in [-0.15, -0.1) is 0 Å². The summed E-state index contributed by atoms with van der Waals surface area (Å²) in [5, 5.41) is 5.60. The van der Waals surface area contributed by atoms with E-state index < -0.39 is 0 Å².